The molecule has 0 radical (unpaired) electrons. The number of rotatable bonds is 4. The summed E-state index contributed by atoms with van der Waals surface area (Å²) in [6.07, 6.45) is -2.51. The molecule has 1 saturated heterocycles. The van der Waals surface area contributed by atoms with Crippen LogP contribution >= 0.6 is 0 Å². The third-order valence-electron chi connectivity index (χ3n) is 2.59. The minimum Gasteiger partial charge on any atom is -0.537 e. The van der Waals surface area contributed by atoms with E-state index in [1.165, 1.54) is 6.92 Å². The molecule has 0 aromatic rings. The van der Waals surface area contributed by atoms with E-state index in [4.69, 9.17) is 23.5 Å². The van der Waals surface area contributed by atoms with Crippen LogP contribution in [0.25, 0.3) is 0 Å². The van der Waals surface area contributed by atoms with Crippen LogP contribution in [0.5, 0.6) is 0 Å². The molecule has 0 N–H and O–H groups in total. The quantitative estimate of drug-likeness (QED) is 0.355. The van der Waals surface area contributed by atoms with E-state index in [9.17, 15) is 19.2 Å². The second-order valence-corrected chi connectivity index (χ2v) is 4.61. The van der Waals surface area contributed by atoms with Crippen LogP contribution in [-0.2, 0) is 42.7 Å². The van der Waals surface area contributed by atoms with Crippen molar-refractivity contribution in [1.82, 2.24) is 0 Å². The predicted molar refractivity (Wildman–Crippen MR) is 72.4 cm³/mol. The first kappa shape index (κ1) is 18.0. The van der Waals surface area contributed by atoms with Gasteiger partial charge in [-0.25, -0.2) is 0 Å². The van der Waals surface area contributed by atoms with Crippen LogP contribution in [0, 0.1) is 0 Å². The minimum atomic E-state index is -1.27. The molecule has 0 aromatic heterocycles. The number of hydrogen-bond acceptors (Lipinski definition) is 9. The lowest BCUT2D eigenvalue weighted by Gasteiger charge is -2.37. The van der Waals surface area contributed by atoms with E-state index in [2.05, 4.69) is 0 Å². The summed E-state index contributed by atoms with van der Waals surface area (Å²) in [6, 6.07) is -1.15. The van der Waals surface area contributed by atoms with E-state index >= 15 is 0 Å². The number of hydrogen-bond donors (Lipinski definition) is 0. The van der Waals surface area contributed by atoms with Crippen LogP contribution in [0.15, 0.2) is 0 Å². The standard InChI is InChI=1S/C11H16B2O9/c1-5(14)18-9-10(19-6(2)15)13(22-8(4)17)12-21-11(9)20-7(3)16/h9-12H,1-4H3. The zero-order valence-corrected chi connectivity index (χ0v) is 12.7. The maximum absolute atomic E-state index is 11.3. The highest BCUT2D eigenvalue weighted by atomic mass is 16.7. The fraction of sp³-hybridized carbons (Fsp3) is 0.636. The summed E-state index contributed by atoms with van der Waals surface area (Å²) >= 11 is 0. The van der Waals surface area contributed by atoms with Gasteiger partial charge in [0.2, 0.25) is 6.29 Å². The Hall–Kier alpha value is -2.03. The number of ether oxygens (including phenoxy) is 3. The van der Waals surface area contributed by atoms with Gasteiger partial charge in [0.1, 0.15) is 0 Å². The molecule has 1 rings (SSSR count). The largest absolute Gasteiger partial charge is 0.537 e. The molecule has 0 bridgehead atoms. The first-order chi connectivity index (χ1) is 10.2. The third kappa shape index (κ3) is 5.40. The van der Waals surface area contributed by atoms with Crippen molar-refractivity contribution < 1.29 is 42.7 Å². The fourth-order valence-corrected chi connectivity index (χ4v) is 1.97. The summed E-state index contributed by atoms with van der Waals surface area (Å²) in [6.45, 7) is 3.60. The second kappa shape index (κ2) is 7.83. The van der Waals surface area contributed by atoms with Crippen molar-refractivity contribution in [2.75, 3.05) is 0 Å². The molecule has 3 atom stereocenters. The molecule has 0 aromatic carbocycles. The first-order valence-electron chi connectivity index (χ1n) is 6.51. The summed E-state index contributed by atoms with van der Waals surface area (Å²) < 4.78 is 25.2. The van der Waals surface area contributed by atoms with E-state index in [1.54, 1.807) is 0 Å². The van der Waals surface area contributed by atoms with Crippen LogP contribution in [-0.4, -0.2) is 56.5 Å². The highest BCUT2D eigenvalue weighted by Crippen LogP contribution is 2.22. The van der Waals surface area contributed by atoms with Crippen molar-refractivity contribution >= 4 is 38.1 Å². The number of carbonyl (C=O) groups is 4. The van der Waals surface area contributed by atoms with Gasteiger partial charge in [0.05, 0.1) is 0 Å². The van der Waals surface area contributed by atoms with Gasteiger partial charge in [-0.05, 0) is 0 Å². The van der Waals surface area contributed by atoms with Crippen molar-refractivity contribution in [2.24, 2.45) is 0 Å². The Balaban J connectivity index is 3.03. The maximum Gasteiger partial charge on any atom is 0.397 e. The molecule has 0 amide bonds. The third-order valence-corrected chi connectivity index (χ3v) is 2.59. The Morgan fingerprint density at radius 1 is 0.864 bits per heavy atom. The molecule has 0 aliphatic carbocycles. The molecule has 1 fully saturated rings. The minimum absolute atomic E-state index is 0.187. The Labute approximate surface area is 127 Å². The van der Waals surface area contributed by atoms with Crippen LogP contribution < -0.4 is 0 Å². The molecule has 0 spiro atoms. The second-order valence-electron chi connectivity index (χ2n) is 4.61. The van der Waals surface area contributed by atoms with Gasteiger partial charge in [-0.2, -0.15) is 0 Å². The summed E-state index contributed by atoms with van der Waals surface area (Å²) in [4.78, 5) is 44.7. The molecule has 120 valence electrons. The Morgan fingerprint density at radius 2 is 1.41 bits per heavy atom. The lowest BCUT2D eigenvalue weighted by Crippen LogP contribution is -2.62. The van der Waals surface area contributed by atoms with Crippen molar-refractivity contribution in [3.8, 4) is 0 Å². The van der Waals surface area contributed by atoms with E-state index in [0.717, 1.165) is 20.8 Å². The van der Waals surface area contributed by atoms with E-state index < -0.39 is 49.1 Å². The van der Waals surface area contributed by atoms with Gasteiger partial charge in [-0.1, -0.05) is 0 Å². The fourth-order valence-electron chi connectivity index (χ4n) is 1.97. The Morgan fingerprint density at radius 3 is 1.86 bits per heavy atom. The SMILES string of the molecule is CC(=O)OB1BOC(OC(C)=O)C(OC(C)=O)C1OC(C)=O. The van der Waals surface area contributed by atoms with Crippen LogP contribution in [0.3, 0.4) is 0 Å². The average molecular weight is 314 g/mol. The van der Waals surface area contributed by atoms with E-state index in [-0.39, 0.29) is 7.37 Å². The Kier molecular flexibility index (Phi) is 6.41. The van der Waals surface area contributed by atoms with Crippen LogP contribution in [0.2, 0.25) is 0 Å². The van der Waals surface area contributed by atoms with Crippen molar-refractivity contribution in [3.05, 3.63) is 0 Å². The molecule has 3 unspecified atom stereocenters. The van der Waals surface area contributed by atoms with E-state index in [0.29, 0.717) is 0 Å². The summed E-state index contributed by atoms with van der Waals surface area (Å²) in [7, 11) is -0.187. The van der Waals surface area contributed by atoms with Gasteiger partial charge in [0.25, 0.3) is 5.97 Å². The summed E-state index contributed by atoms with van der Waals surface area (Å²) in [5, 5.41) is 0. The monoisotopic (exact) mass is 314 g/mol. The Bertz CT molecular complexity index is 424. The van der Waals surface area contributed by atoms with Gasteiger partial charge in [0, 0.05) is 27.7 Å². The van der Waals surface area contributed by atoms with Crippen molar-refractivity contribution in [1.29, 1.82) is 0 Å². The number of esters is 3. The predicted octanol–water partition coefficient (Wildman–Crippen LogP) is -1.29. The lowest BCUT2D eigenvalue weighted by molar-refractivity contribution is -0.205. The molecular formula is C11H16B2O9. The smallest absolute Gasteiger partial charge is 0.397 e. The molecule has 0 saturated carbocycles. The van der Waals surface area contributed by atoms with Gasteiger partial charge in [-0.15, -0.1) is 0 Å². The lowest BCUT2D eigenvalue weighted by atomic mass is 9.36. The average Bonchev–Trinajstić information content (AvgIpc) is 2.34. The molecule has 11 heteroatoms. The summed E-state index contributed by atoms with van der Waals surface area (Å²) in [5.41, 5.74) is 0. The molecule has 1 heterocycles. The highest BCUT2D eigenvalue weighted by molar-refractivity contribution is 7.07. The van der Waals surface area contributed by atoms with Gasteiger partial charge < -0.3 is 23.5 Å². The van der Waals surface area contributed by atoms with E-state index in [1.807, 2.05) is 0 Å². The van der Waals surface area contributed by atoms with Crippen molar-refractivity contribution in [3.63, 3.8) is 0 Å². The van der Waals surface area contributed by atoms with Gasteiger partial charge >= 0.3 is 32.1 Å². The molecule has 1 aliphatic rings. The van der Waals surface area contributed by atoms with Gasteiger partial charge in [0.15, 0.2) is 12.1 Å². The highest BCUT2D eigenvalue weighted by Gasteiger charge is 2.52. The van der Waals surface area contributed by atoms with Crippen LogP contribution in [0.1, 0.15) is 27.7 Å². The normalized spacial score (nSPS) is 23.8. The maximum atomic E-state index is 11.3. The first-order valence-corrected chi connectivity index (χ1v) is 6.51. The van der Waals surface area contributed by atoms with Crippen molar-refractivity contribution in [2.45, 2.75) is 46.1 Å². The molecule has 9 nitrogen and oxygen atoms in total. The van der Waals surface area contributed by atoms with Crippen LogP contribution in [0.4, 0.5) is 0 Å². The number of carbonyl (C=O) groups excluding carboxylic acids is 4. The summed E-state index contributed by atoms with van der Waals surface area (Å²) in [5.74, 6) is -2.68. The zero-order valence-electron chi connectivity index (χ0n) is 12.7. The molecular weight excluding hydrogens is 298 g/mol. The topological polar surface area (TPSA) is 114 Å². The van der Waals surface area contributed by atoms with Gasteiger partial charge in [-0.3, -0.25) is 19.2 Å². The molecule has 1 aliphatic heterocycles. The molecule has 22 heavy (non-hydrogen) atoms. The zero-order chi connectivity index (χ0) is 16.9.